The Morgan fingerprint density at radius 1 is 0.968 bits per heavy atom. The summed E-state index contributed by atoms with van der Waals surface area (Å²) in [4.78, 5) is 21.1. The second-order valence-electron chi connectivity index (χ2n) is 7.36. The number of aryl methyl sites for hydroxylation is 1. The minimum atomic E-state index is 0.0407. The second-order valence-corrected chi connectivity index (χ2v) is 7.36. The average Bonchev–Trinajstić information content (AvgIpc) is 2.81. The van der Waals surface area contributed by atoms with E-state index in [9.17, 15) is 4.79 Å². The van der Waals surface area contributed by atoms with Gasteiger partial charge < -0.3 is 19.9 Å². The number of nitrogens with one attached hydrogen (secondary N) is 1. The first-order chi connectivity index (χ1) is 15.1. The fourth-order valence-electron chi connectivity index (χ4n) is 3.42. The summed E-state index contributed by atoms with van der Waals surface area (Å²) in [5.41, 5.74) is 1.78. The first-order valence-electron chi connectivity index (χ1n) is 10.4. The van der Waals surface area contributed by atoms with E-state index >= 15 is 0 Å². The van der Waals surface area contributed by atoms with Crippen LogP contribution in [0.25, 0.3) is 0 Å². The van der Waals surface area contributed by atoms with Crippen molar-refractivity contribution in [2.45, 2.75) is 13.8 Å². The van der Waals surface area contributed by atoms with Crippen LogP contribution in [0.5, 0.6) is 5.75 Å². The lowest BCUT2D eigenvalue weighted by Gasteiger charge is -2.35. The number of carbonyl (C=O) groups excluding carboxylic acids is 1. The summed E-state index contributed by atoms with van der Waals surface area (Å²) in [6, 6.07) is 15.0. The molecule has 1 fully saturated rings. The van der Waals surface area contributed by atoms with Gasteiger partial charge in [-0.25, -0.2) is 4.98 Å². The van der Waals surface area contributed by atoms with Gasteiger partial charge in [-0.2, -0.15) is 0 Å². The first kappa shape index (κ1) is 20.6. The van der Waals surface area contributed by atoms with Crippen LogP contribution in [0.3, 0.4) is 0 Å². The van der Waals surface area contributed by atoms with Gasteiger partial charge in [0.25, 0.3) is 5.91 Å². The summed E-state index contributed by atoms with van der Waals surface area (Å²) in [5.74, 6) is 2.99. The zero-order chi connectivity index (χ0) is 21.6. The standard InChI is InChI=1S/C23H26N6O2/c1-3-31-19-7-5-18(6-8-19)23(30)29-14-12-28(13-15-29)22-11-10-21(26-27-22)25-20-9-4-17(2)16-24-20/h4-11,16H,3,12-15H2,1-2H3,(H,24,25,26). The molecule has 1 amide bonds. The molecular formula is C23H26N6O2. The maximum absolute atomic E-state index is 12.8. The molecule has 0 unspecified atom stereocenters. The summed E-state index contributed by atoms with van der Waals surface area (Å²) in [5, 5.41) is 11.7. The molecule has 4 rings (SSSR count). The molecule has 8 heteroatoms. The Hall–Kier alpha value is -3.68. The minimum Gasteiger partial charge on any atom is -0.494 e. The molecule has 0 bridgehead atoms. The first-order valence-corrected chi connectivity index (χ1v) is 10.4. The van der Waals surface area contributed by atoms with Crippen molar-refractivity contribution < 1.29 is 9.53 Å². The van der Waals surface area contributed by atoms with Crippen LogP contribution >= 0.6 is 0 Å². The van der Waals surface area contributed by atoms with Crippen LogP contribution in [0.1, 0.15) is 22.8 Å². The highest BCUT2D eigenvalue weighted by Gasteiger charge is 2.23. The summed E-state index contributed by atoms with van der Waals surface area (Å²) in [7, 11) is 0. The zero-order valence-electron chi connectivity index (χ0n) is 17.8. The predicted octanol–water partition coefficient (Wildman–Crippen LogP) is 3.28. The van der Waals surface area contributed by atoms with Crippen LogP contribution in [0.4, 0.5) is 17.5 Å². The van der Waals surface area contributed by atoms with Gasteiger partial charge in [0.2, 0.25) is 0 Å². The van der Waals surface area contributed by atoms with Crippen LogP contribution in [0, 0.1) is 6.92 Å². The van der Waals surface area contributed by atoms with Crippen molar-refractivity contribution in [1.82, 2.24) is 20.1 Å². The number of piperazine rings is 1. The molecule has 0 radical (unpaired) electrons. The monoisotopic (exact) mass is 418 g/mol. The van der Waals surface area contributed by atoms with E-state index in [1.807, 2.05) is 67.3 Å². The van der Waals surface area contributed by atoms with Crippen molar-refractivity contribution in [3.63, 3.8) is 0 Å². The topological polar surface area (TPSA) is 83.5 Å². The Kier molecular flexibility index (Phi) is 6.26. The molecular weight excluding hydrogens is 392 g/mol. The van der Waals surface area contributed by atoms with Crippen LogP contribution < -0.4 is 15.0 Å². The Labute approximate surface area is 181 Å². The maximum atomic E-state index is 12.8. The molecule has 1 saturated heterocycles. The second kappa shape index (κ2) is 9.42. The van der Waals surface area contributed by atoms with Crippen molar-refractivity contribution in [1.29, 1.82) is 0 Å². The number of benzene rings is 1. The fourth-order valence-corrected chi connectivity index (χ4v) is 3.42. The quantitative estimate of drug-likeness (QED) is 0.658. The molecule has 3 heterocycles. The normalized spacial score (nSPS) is 13.7. The molecule has 1 N–H and O–H groups in total. The molecule has 8 nitrogen and oxygen atoms in total. The van der Waals surface area contributed by atoms with Gasteiger partial charge in [-0.3, -0.25) is 4.79 Å². The number of carbonyl (C=O) groups is 1. The van der Waals surface area contributed by atoms with Crippen molar-refractivity contribution in [3.05, 3.63) is 65.9 Å². The molecule has 0 spiro atoms. The number of amides is 1. The Morgan fingerprint density at radius 2 is 1.71 bits per heavy atom. The SMILES string of the molecule is CCOc1ccc(C(=O)N2CCN(c3ccc(Nc4ccc(C)cn4)nn3)CC2)cc1. The van der Waals surface area contributed by atoms with Gasteiger partial charge in [0.15, 0.2) is 11.6 Å². The number of ether oxygens (including phenoxy) is 1. The minimum absolute atomic E-state index is 0.0407. The number of pyridine rings is 1. The van der Waals surface area contributed by atoms with E-state index in [1.165, 1.54) is 0 Å². The average molecular weight is 419 g/mol. The zero-order valence-corrected chi connectivity index (χ0v) is 17.8. The van der Waals surface area contributed by atoms with Gasteiger partial charge >= 0.3 is 0 Å². The lowest BCUT2D eigenvalue weighted by atomic mass is 10.1. The van der Waals surface area contributed by atoms with Gasteiger partial charge in [-0.05, 0) is 61.9 Å². The van der Waals surface area contributed by atoms with Crippen molar-refractivity contribution >= 4 is 23.4 Å². The molecule has 1 aromatic carbocycles. The number of aromatic nitrogens is 3. The highest BCUT2D eigenvalue weighted by Crippen LogP contribution is 2.19. The van der Waals surface area contributed by atoms with Gasteiger partial charge in [0.1, 0.15) is 11.6 Å². The van der Waals surface area contributed by atoms with Gasteiger partial charge in [-0.15, -0.1) is 10.2 Å². The van der Waals surface area contributed by atoms with Gasteiger partial charge in [0.05, 0.1) is 6.61 Å². The van der Waals surface area contributed by atoms with E-state index in [0.29, 0.717) is 44.2 Å². The number of hydrogen-bond acceptors (Lipinski definition) is 7. The van der Waals surface area contributed by atoms with E-state index < -0.39 is 0 Å². The summed E-state index contributed by atoms with van der Waals surface area (Å²) >= 11 is 0. The number of hydrogen-bond donors (Lipinski definition) is 1. The smallest absolute Gasteiger partial charge is 0.253 e. The van der Waals surface area contributed by atoms with Crippen LogP contribution in [0.2, 0.25) is 0 Å². The molecule has 2 aromatic heterocycles. The third-order valence-corrected chi connectivity index (χ3v) is 5.12. The molecule has 0 aliphatic carbocycles. The van der Waals surface area contributed by atoms with Crippen LogP contribution in [0.15, 0.2) is 54.7 Å². The van der Waals surface area contributed by atoms with Gasteiger partial charge in [-0.1, -0.05) is 6.07 Å². The Balaban J connectivity index is 1.31. The van der Waals surface area contributed by atoms with E-state index in [0.717, 1.165) is 22.9 Å². The van der Waals surface area contributed by atoms with E-state index in [2.05, 4.69) is 25.4 Å². The molecule has 1 aliphatic rings. The molecule has 1 aliphatic heterocycles. The number of rotatable bonds is 6. The van der Waals surface area contributed by atoms with E-state index in [4.69, 9.17) is 4.74 Å². The largest absolute Gasteiger partial charge is 0.494 e. The molecule has 0 atom stereocenters. The number of nitrogens with zero attached hydrogens (tertiary/aromatic N) is 5. The molecule has 3 aromatic rings. The summed E-state index contributed by atoms with van der Waals surface area (Å²) in [6.07, 6.45) is 1.80. The van der Waals surface area contributed by atoms with E-state index in [1.54, 1.807) is 6.20 Å². The maximum Gasteiger partial charge on any atom is 0.253 e. The number of anilines is 3. The van der Waals surface area contributed by atoms with Crippen LogP contribution in [-0.4, -0.2) is 58.8 Å². The van der Waals surface area contributed by atoms with Crippen molar-refractivity contribution in [2.24, 2.45) is 0 Å². The van der Waals surface area contributed by atoms with Crippen molar-refractivity contribution in [2.75, 3.05) is 43.0 Å². The molecule has 0 saturated carbocycles. The third-order valence-electron chi connectivity index (χ3n) is 5.12. The van der Waals surface area contributed by atoms with Crippen molar-refractivity contribution in [3.8, 4) is 5.75 Å². The van der Waals surface area contributed by atoms with Gasteiger partial charge in [0, 0.05) is 37.9 Å². The summed E-state index contributed by atoms with van der Waals surface area (Å²) < 4.78 is 5.44. The van der Waals surface area contributed by atoms with E-state index in [-0.39, 0.29) is 5.91 Å². The Morgan fingerprint density at radius 3 is 2.32 bits per heavy atom. The highest BCUT2D eigenvalue weighted by atomic mass is 16.5. The summed E-state index contributed by atoms with van der Waals surface area (Å²) in [6.45, 7) is 7.25. The Bertz CT molecular complexity index is 998. The van der Waals surface area contributed by atoms with Crippen LogP contribution in [-0.2, 0) is 0 Å². The lowest BCUT2D eigenvalue weighted by Crippen LogP contribution is -2.49. The lowest BCUT2D eigenvalue weighted by molar-refractivity contribution is 0.0746. The highest BCUT2D eigenvalue weighted by molar-refractivity contribution is 5.94. The third kappa shape index (κ3) is 5.09. The fraction of sp³-hybridized carbons (Fsp3) is 0.304. The molecule has 160 valence electrons. The predicted molar refractivity (Wildman–Crippen MR) is 120 cm³/mol. The molecule has 31 heavy (non-hydrogen) atoms.